The summed E-state index contributed by atoms with van der Waals surface area (Å²) in [6.45, 7) is 9.25. The Morgan fingerprint density at radius 2 is 1.54 bits per heavy atom. The van der Waals surface area contributed by atoms with Crippen LogP contribution in [0.1, 0.15) is 31.1 Å². The first-order chi connectivity index (χ1) is 16.9. The number of hydrogen-bond donors (Lipinski definition) is 3. The lowest BCUT2D eigenvalue weighted by atomic mass is 10.0. The van der Waals surface area contributed by atoms with Gasteiger partial charge in [0.25, 0.3) is 5.91 Å². The number of anilines is 2. The lowest BCUT2D eigenvalue weighted by Gasteiger charge is -2.25. The van der Waals surface area contributed by atoms with Gasteiger partial charge in [0.2, 0.25) is 11.8 Å². The van der Waals surface area contributed by atoms with Crippen LogP contribution in [0.3, 0.4) is 0 Å². The van der Waals surface area contributed by atoms with E-state index in [1.54, 1.807) is 48.5 Å². The Hall–Kier alpha value is -3.43. The first kappa shape index (κ1) is 26.2. The average molecular weight is 483 g/mol. The average Bonchev–Trinajstić information content (AvgIpc) is 2.84. The van der Waals surface area contributed by atoms with Gasteiger partial charge in [0.05, 0.1) is 26.4 Å². The second-order valence-corrected chi connectivity index (χ2v) is 8.66. The van der Waals surface area contributed by atoms with Gasteiger partial charge in [-0.05, 0) is 61.4 Å². The molecule has 3 N–H and O–H groups in total. The van der Waals surface area contributed by atoms with Crippen LogP contribution in [0.2, 0.25) is 0 Å². The van der Waals surface area contributed by atoms with Gasteiger partial charge in [-0.3, -0.25) is 19.3 Å². The second kappa shape index (κ2) is 12.9. The van der Waals surface area contributed by atoms with E-state index < -0.39 is 6.04 Å². The molecule has 9 nitrogen and oxygen atoms in total. The first-order valence-corrected chi connectivity index (χ1v) is 11.9. The minimum atomic E-state index is -0.720. The van der Waals surface area contributed by atoms with Gasteiger partial charge in [-0.25, -0.2) is 0 Å². The Labute approximate surface area is 206 Å². The fraction of sp³-hybridized carbons (Fsp3) is 0.423. The lowest BCUT2D eigenvalue weighted by Crippen LogP contribution is -2.47. The number of nitrogens with one attached hydrogen (secondary N) is 3. The molecule has 9 heteroatoms. The number of rotatable bonds is 10. The monoisotopic (exact) mass is 482 g/mol. The van der Waals surface area contributed by atoms with Crippen molar-refractivity contribution in [1.82, 2.24) is 10.2 Å². The molecule has 3 amide bonds. The number of benzene rings is 2. The highest BCUT2D eigenvalue weighted by molar-refractivity contribution is 6.01. The molecule has 0 saturated carbocycles. The van der Waals surface area contributed by atoms with Crippen molar-refractivity contribution in [2.45, 2.75) is 26.8 Å². The number of carbonyl (C=O) groups excluding carboxylic acids is 3. The third-order valence-corrected chi connectivity index (χ3v) is 5.57. The van der Waals surface area contributed by atoms with E-state index in [2.05, 4.69) is 16.0 Å². The molecule has 1 fully saturated rings. The van der Waals surface area contributed by atoms with Crippen molar-refractivity contribution >= 4 is 29.1 Å². The number of hydrogen-bond acceptors (Lipinski definition) is 6. The van der Waals surface area contributed by atoms with Gasteiger partial charge in [0.1, 0.15) is 11.8 Å². The molecule has 2 aromatic rings. The minimum absolute atomic E-state index is 0.0967. The molecule has 0 unspecified atom stereocenters. The molecule has 3 rings (SSSR count). The summed E-state index contributed by atoms with van der Waals surface area (Å²) in [6.07, 6.45) is 0. The number of amides is 3. The quantitative estimate of drug-likeness (QED) is 0.481. The maximum Gasteiger partial charge on any atom is 0.251 e. The molecule has 1 aliphatic heterocycles. The summed E-state index contributed by atoms with van der Waals surface area (Å²) in [5.41, 5.74) is 1.66. The van der Waals surface area contributed by atoms with E-state index in [4.69, 9.17) is 9.47 Å². The van der Waals surface area contributed by atoms with E-state index in [9.17, 15) is 14.4 Å². The van der Waals surface area contributed by atoms with Crippen molar-refractivity contribution in [3.8, 4) is 5.75 Å². The SMILES string of the molecule is CCOc1ccc(C(=O)N[C@H](C(=O)Nc2ccc(NC(=O)CN3CCOCC3)cc2)C(C)C)cc1. The van der Waals surface area contributed by atoms with Gasteiger partial charge in [-0.15, -0.1) is 0 Å². The highest BCUT2D eigenvalue weighted by Crippen LogP contribution is 2.16. The van der Waals surface area contributed by atoms with Crippen LogP contribution in [0.5, 0.6) is 5.75 Å². The van der Waals surface area contributed by atoms with Gasteiger partial charge in [0, 0.05) is 30.0 Å². The molecule has 1 aliphatic rings. The number of nitrogens with zero attached hydrogens (tertiary/aromatic N) is 1. The largest absolute Gasteiger partial charge is 0.494 e. The normalized spacial score (nSPS) is 14.7. The molecule has 1 saturated heterocycles. The van der Waals surface area contributed by atoms with Crippen LogP contribution >= 0.6 is 0 Å². The molecule has 35 heavy (non-hydrogen) atoms. The summed E-state index contributed by atoms with van der Waals surface area (Å²) in [4.78, 5) is 39.9. The molecule has 188 valence electrons. The summed E-state index contributed by atoms with van der Waals surface area (Å²) in [5, 5.41) is 8.53. The summed E-state index contributed by atoms with van der Waals surface area (Å²) in [6, 6.07) is 13.0. The third kappa shape index (κ3) is 8.08. The molecular formula is C26H34N4O5. The Balaban J connectivity index is 1.53. The highest BCUT2D eigenvalue weighted by Gasteiger charge is 2.25. The fourth-order valence-corrected chi connectivity index (χ4v) is 3.65. The van der Waals surface area contributed by atoms with Crippen molar-refractivity contribution in [1.29, 1.82) is 0 Å². The van der Waals surface area contributed by atoms with Gasteiger partial charge < -0.3 is 25.4 Å². The molecule has 1 atom stereocenters. The maximum atomic E-state index is 12.9. The van der Waals surface area contributed by atoms with Gasteiger partial charge >= 0.3 is 0 Å². The topological polar surface area (TPSA) is 109 Å². The summed E-state index contributed by atoms with van der Waals surface area (Å²) in [7, 11) is 0. The second-order valence-electron chi connectivity index (χ2n) is 8.66. The van der Waals surface area contributed by atoms with Crippen molar-refractivity contribution in [2.24, 2.45) is 5.92 Å². The van der Waals surface area contributed by atoms with Gasteiger partial charge in [-0.1, -0.05) is 13.8 Å². The van der Waals surface area contributed by atoms with Gasteiger partial charge in [0.15, 0.2) is 0 Å². The van der Waals surface area contributed by atoms with E-state index in [0.29, 0.717) is 49.1 Å². The number of carbonyl (C=O) groups is 3. The lowest BCUT2D eigenvalue weighted by molar-refractivity contribution is -0.119. The molecular weight excluding hydrogens is 448 g/mol. The Morgan fingerprint density at radius 1 is 0.943 bits per heavy atom. The molecule has 0 radical (unpaired) electrons. The van der Waals surface area contributed by atoms with E-state index >= 15 is 0 Å². The van der Waals surface area contributed by atoms with E-state index in [-0.39, 0.29) is 23.6 Å². The van der Waals surface area contributed by atoms with Crippen molar-refractivity contribution in [3.63, 3.8) is 0 Å². The zero-order chi connectivity index (χ0) is 25.2. The van der Waals surface area contributed by atoms with Crippen LogP contribution in [-0.2, 0) is 14.3 Å². The van der Waals surface area contributed by atoms with Crippen LogP contribution < -0.4 is 20.7 Å². The highest BCUT2D eigenvalue weighted by atomic mass is 16.5. The summed E-state index contributed by atoms with van der Waals surface area (Å²) < 4.78 is 10.7. The van der Waals surface area contributed by atoms with E-state index in [0.717, 1.165) is 13.1 Å². The molecule has 2 aromatic carbocycles. The predicted molar refractivity (Wildman–Crippen MR) is 135 cm³/mol. The zero-order valence-electron chi connectivity index (χ0n) is 20.5. The van der Waals surface area contributed by atoms with Crippen LogP contribution in [-0.4, -0.2) is 68.1 Å². The van der Waals surface area contributed by atoms with E-state index in [1.165, 1.54) is 0 Å². The van der Waals surface area contributed by atoms with Crippen LogP contribution in [0.4, 0.5) is 11.4 Å². The molecule has 0 bridgehead atoms. The first-order valence-electron chi connectivity index (χ1n) is 11.9. The molecule has 1 heterocycles. The Kier molecular flexibility index (Phi) is 9.63. The predicted octanol–water partition coefficient (Wildman–Crippen LogP) is 2.75. The zero-order valence-corrected chi connectivity index (χ0v) is 20.5. The maximum absolute atomic E-state index is 12.9. The van der Waals surface area contributed by atoms with Gasteiger partial charge in [-0.2, -0.15) is 0 Å². The Bertz CT molecular complexity index is 986. The number of ether oxygens (including phenoxy) is 2. The minimum Gasteiger partial charge on any atom is -0.494 e. The van der Waals surface area contributed by atoms with Crippen LogP contribution in [0.25, 0.3) is 0 Å². The van der Waals surface area contributed by atoms with E-state index in [1.807, 2.05) is 25.7 Å². The molecule has 0 aromatic heterocycles. The smallest absolute Gasteiger partial charge is 0.251 e. The van der Waals surface area contributed by atoms with Crippen molar-refractivity contribution in [2.75, 3.05) is 50.1 Å². The summed E-state index contributed by atoms with van der Waals surface area (Å²) >= 11 is 0. The molecule has 0 spiro atoms. The summed E-state index contributed by atoms with van der Waals surface area (Å²) in [5.74, 6) is -0.187. The fourth-order valence-electron chi connectivity index (χ4n) is 3.65. The van der Waals surface area contributed by atoms with Crippen molar-refractivity contribution < 1.29 is 23.9 Å². The number of morpholine rings is 1. The standard InChI is InChI=1S/C26H34N4O5/c1-4-35-22-11-5-19(6-12-22)25(32)29-24(18(2)3)26(33)28-21-9-7-20(8-10-21)27-23(31)17-30-13-15-34-16-14-30/h5-12,18,24H,4,13-17H2,1-3H3,(H,27,31)(H,28,33)(H,29,32)/t24-/m0/s1. The van der Waals surface area contributed by atoms with Crippen molar-refractivity contribution in [3.05, 3.63) is 54.1 Å². The molecule has 0 aliphatic carbocycles. The van der Waals surface area contributed by atoms with Crippen LogP contribution in [0.15, 0.2) is 48.5 Å². The Morgan fingerprint density at radius 3 is 2.11 bits per heavy atom. The van der Waals surface area contributed by atoms with Crippen LogP contribution in [0, 0.1) is 5.92 Å². The third-order valence-electron chi connectivity index (χ3n) is 5.57.